The highest BCUT2D eigenvalue weighted by atomic mass is 16.3. The molecule has 5 heteroatoms. The van der Waals surface area contributed by atoms with Crippen LogP contribution < -0.4 is 16.0 Å². The van der Waals surface area contributed by atoms with Crippen LogP contribution in [0.4, 0.5) is 10.5 Å². The molecule has 1 heterocycles. The third kappa shape index (κ3) is 3.13. The van der Waals surface area contributed by atoms with E-state index >= 15 is 0 Å². The molecule has 5 nitrogen and oxygen atoms in total. The summed E-state index contributed by atoms with van der Waals surface area (Å²) in [6, 6.07) is 13.9. The molecule has 0 fully saturated rings. The van der Waals surface area contributed by atoms with Gasteiger partial charge in [-0.05, 0) is 54.1 Å². The van der Waals surface area contributed by atoms with Crippen molar-refractivity contribution in [2.24, 2.45) is 0 Å². The van der Waals surface area contributed by atoms with Crippen LogP contribution in [0, 0.1) is 0 Å². The van der Waals surface area contributed by atoms with Gasteiger partial charge in [-0.3, -0.25) is 0 Å². The summed E-state index contributed by atoms with van der Waals surface area (Å²) in [5.74, 6) is 0. The Morgan fingerprint density at radius 3 is 2.52 bits per heavy atom. The van der Waals surface area contributed by atoms with Crippen LogP contribution in [-0.4, -0.2) is 29.8 Å². The Hall–Kier alpha value is -2.37. The first-order valence-corrected chi connectivity index (χ1v) is 8.77. The number of anilines is 1. The Morgan fingerprint density at radius 2 is 1.80 bits per heavy atom. The first-order valence-electron chi connectivity index (χ1n) is 8.77. The van der Waals surface area contributed by atoms with E-state index in [4.69, 9.17) is 0 Å². The highest BCUT2D eigenvalue weighted by molar-refractivity contribution is 5.91. The average Bonchev–Trinajstić information content (AvgIpc) is 3.00. The zero-order valence-electron chi connectivity index (χ0n) is 14.1. The van der Waals surface area contributed by atoms with E-state index in [2.05, 4.69) is 34.1 Å². The van der Waals surface area contributed by atoms with Crippen molar-refractivity contribution in [3.05, 3.63) is 64.7 Å². The van der Waals surface area contributed by atoms with Gasteiger partial charge in [0.1, 0.15) is 0 Å². The Balaban J connectivity index is 1.49. The zero-order valence-corrected chi connectivity index (χ0v) is 14.1. The first-order chi connectivity index (χ1) is 12.2. The van der Waals surface area contributed by atoms with Gasteiger partial charge in [0, 0.05) is 12.2 Å². The maximum Gasteiger partial charge on any atom is 0.319 e. The number of aliphatic hydroxyl groups is 1. The second-order valence-electron chi connectivity index (χ2n) is 7.01. The third-order valence-electron chi connectivity index (χ3n) is 5.25. The quantitative estimate of drug-likeness (QED) is 0.692. The van der Waals surface area contributed by atoms with Gasteiger partial charge in [0.05, 0.1) is 12.1 Å². The number of urea groups is 1. The van der Waals surface area contributed by atoms with E-state index in [-0.39, 0.29) is 12.6 Å². The summed E-state index contributed by atoms with van der Waals surface area (Å²) < 4.78 is 0. The number of hydrogen-bond acceptors (Lipinski definition) is 3. The normalized spacial score (nSPS) is 17.5. The van der Waals surface area contributed by atoms with E-state index < -0.39 is 5.54 Å². The molecule has 0 aromatic heterocycles. The van der Waals surface area contributed by atoms with Crippen LogP contribution in [0.2, 0.25) is 0 Å². The second-order valence-corrected chi connectivity index (χ2v) is 7.01. The number of hydrogen-bond donors (Lipinski definition) is 4. The maximum absolute atomic E-state index is 12.6. The summed E-state index contributed by atoms with van der Waals surface area (Å²) in [6.45, 7) is 1.65. The molecule has 130 valence electrons. The van der Waals surface area contributed by atoms with Crippen LogP contribution in [0.15, 0.2) is 42.5 Å². The third-order valence-corrected chi connectivity index (χ3v) is 5.25. The van der Waals surface area contributed by atoms with Crippen LogP contribution in [0.25, 0.3) is 0 Å². The van der Waals surface area contributed by atoms with E-state index in [1.165, 1.54) is 16.7 Å². The summed E-state index contributed by atoms with van der Waals surface area (Å²) in [6.07, 6.45) is 2.28. The molecule has 1 aliphatic heterocycles. The summed E-state index contributed by atoms with van der Waals surface area (Å²) >= 11 is 0. The van der Waals surface area contributed by atoms with Gasteiger partial charge in [-0.1, -0.05) is 36.4 Å². The van der Waals surface area contributed by atoms with Crippen molar-refractivity contribution in [3.63, 3.8) is 0 Å². The van der Waals surface area contributed by atoms with Gasteiger partial charge in [-0.15, -0.1) is 0 Å². The molecule has 2 amide bonds. The van der Waals surface area contributed by atoms with Crippen LogP contribution >= 0.6 is 0 Å². The minimum atomic E-state index is -0.624. The zero-order chi connectivity index (χ0) is 17.3. The predicted octanol–water partition coefficient (Wildman–Crippen LogP) is 1.98. The standard InChI is InChI=1S/C20H23N3O2/c24-13-20(10-15-4-1-2-5-16(15)11-20)23-19(25)22-18-7-3-6-14-8-9-21-12-17(14)18/h1-7,21,24H,8-13H2,(H2,22,23,25). The molecule has 2 aliphatic rings. The lowest BCUT2D eigenvalue weighted by Crippen LogP contribution is -2.53. The predicted molar refractivity (Wildman–Crippen MR) is 97.7 cm³/mol. The molecule has 1 aliphatic carbocycles. The minimum Gasteiger partial charge on any atom is -0.394 e. The van der Waals surface area contributed by atoms with E-state index in [0.717, 1.165) is 30.8 Å². The second kappa shape index (κ2) is 6.50. The Labute approximate surface area is 147 Å². The molecular weight excluding hydrogens is 314 g/mol. The summed E-state index contributed by atoms with van der Waals surface area (Å²) in [5, 5.41) is 19.3. The molecular formula is C20H23N3O2. The number of carbonyl (C=O) groups is 1. The lowest BCUT2D eigenvalue weighted by atomic mass is 9.97. The fourth-order valence-corrected chi connectivity index (χ4v) is 3.96. The number of rotatable bonds is 3. The molecule has 0 unspecified atom stereocenters. The van der Waals surface area contributed by atoms with Gasteiger partial charge >= 0.3 is 6.03 Å². The lowest BCUT2D eigenvalue weighted by Gasteiger charge is -2.29. The van der Waals surface area contributed by atoms with E-state index in [0.29, 0.717) is 12.8 Å². The van der Waals surface area contributed by atoms with Gasteiger partial charge in [0.15, 0.2) is 0 Å². The van der Waals surface area contributed by atoms with Crippen molar-refractivity contribution >= 4 is 11.7 Å². The van der Waals surface area contributed by atoms with Gasteiger partial charge in [-0.25, -0.2) is 4.79 Å². The largest absolute Gasteiger partial charge is 0.394 e. The number of fused-ring (bicyclic) bond motifs is 2. The number of nitrogens with one attached hydrogen (secondary N) is 3. The van der Waals surface area contributed by atoms with Gasteiger partial charge < -0.3 is 21.1 Å². The monoisotopic (exact) mass is 337 g/mol. The van der Waals surface area contributed by atoms with Crippen molar-refractivity contribution < 1.29 is 9.90 Å². The molecule has 4 rings (SSSR count). The van der Waals surface area contributed by atoms with Crippen LogP contribution in [0.3, 0.4) is 0 Å². The Kier molecular flexibility index (Phi) is 4.19. The van der Waals surface area contributed by atoms with Crippen LogP contribution in [0.1, 0.15) is 22.3 Å². The molecule has 0 bridgehead atoms. The topological polar surface area (TPSA) is 73.4 Å². The van der Waals surface area contributed by atoms with Crippen molar-refractivity contribution in [2.45, 2.75) is 31.3 Å². The molecule has 0 saturated heterocycles. The summed E-state index contributed by atoms with van der Waals surface area (Å²) in [5.41, 5.74) is 5.03. The average molecular weight is 337 g/mol. The molecule has 2 aromatic rings. The van der Waals surface area contributed by atoms with Crippen molar-refractivity contribution in [3.8, 4) is 0 Å². The number of carbonyl (C=O) groups excluding carboxylic acids is 1. The first kappa shape index (κ1) is 16.1. The van der Waals surface area contributed by atoms with E-state index in [1.54, 1.807) is 0 Å². The number of aliphatic hydroxyl groups excluding tert-OH is 1. The van der Waals surface area contributed by atoms with Crippen molar-refractivity contribution in [1.29, 1.82) is 0 Å². The fourth-order valence-electron chi connectivity index (χ4n) is 3.96. The highest BCUT2D eigenvalue weighted by Crippen LogP contribution is 2.30. The molecule has 4 N–H and O–H groups in total. The van der Waals surface area contributed by atoms with Crippen LogP contribution in [0.5, 0.6) is 0 Å². The van der Waals surface area contributed by atoms with Crippen LogP contribution in [-0.2, 0) is 25.8 Å². The number of benzene rings is 2. The molecule has 25 heavy (non-hydrogen) atoms. The SMILES string of the molecule is O=C(Nc1cccc2c1CNCC2)NC1(CO)Cc2ccccc2C1. The maximum atomic E-state index is 12.6. The minimum absolute atomic E-state index is 0.0798. The highest BCUT2D eigenvalue weighted by Gasteiger charge is 2.38. The molecule has 0 atom stereocenters. The summed E-state index contributed by atoms with van der Waals surface area (Å²) in [4.78, 5) is 12.6. The molecule has 0 spiro atoms. The van der Waals surface area contributed by atoms with Gasteiger partial charge in [0.25, 0.3) is 0 Å². The van der Waals surface area contributed by atoms with E-state index in [1.807, 2.05) is 24.3 Å². The van der Waals surface area contributed by atoms with Crippen molar-refractivity contribution in [1.82, 2.24) is 10.6 Å². The van der Waals surface area contributed by atoms with Gasteiger partial charge in [-0.2, -0.15) is 0 Å². The van der Waals surface area contributed by atoms with Gasteiger partial charge in [0.2, 0.25) is 0 Å². The summed E-state index contributed by atoms with van der Waals surface area (Å²) in [7, 11) is 0. The lowest BCUT2D eigenvalue weighted by molar-refractivity contribution is 0.169. The Bertz CT molecular complexity index is 778. The fraction of sp³-hybridized carbons (Fsp3) is 0.350. The molecule has 0 radical (unpaired) electrons. The molecule has 2 aromatic carbocycles. The Morgan fingerprint density at radius 1 is 1.08 bits per heavy atom. The number of amides is 2. The smallest absolute Gasteiger partial charge is 0.319 e. The van der Waals surface area contributed by atoms with E-state index in [9.17, 15) is 9.90 Å². The van der Waals surface area contributed by atoms with Crippen molar-refractivity contribution in [2.75, 3.05) is 18.5 Å². The molecule has 0 saturated carbocycles.